The fourth-order valence-electron chi connectivity index (χ4n) is 2.29. The number of aromatic hydroxyl groups is 1. The van der Waals surface area contributed by atoms with Gasteiger partial charge in [0.2, 0.25) is 0 Å². The fourth-order valence-corrected chi connectivity index (χ4v) is 2.29. The molecule has 18 heavy (non-hydrogen) atoms. The van der Waals surface area contributed by atoms with Crippen molar-refractivity contribution in [1.29, 1.82) is 0 Å². The summed E-state index contributed by atoms with van der Waals surface area (Å²) in [6.07, 6.45) is 2.96. The number of rotatable bonds is 5. The molecule has 0 aliphatic carbocycles. The molecule has 1 atom stereocenters. The molecule has 0 aliphatic heterocycles. The Kier molecular flexibility index (Phi) is 4.18. The van der Waals surface area contributed by atoms with E-state index in [-0.39, 0.29) is 6.04 Å². The van der Waals surface area contributed by atoms with Crippen LogP contribution < -0.4 is 11.5 Å². The SMILES string of the molecule is NCCCC[C@@H](N)c1ccc(O)c2ccccc12. The summed E-state index contributed by atoms with van der Waals surface area (Å²) < 4.78 is 0. The monoisotopic (exact) mass is 244 g/mol. The number of phenolic OH excluding ortho intramolecular Hbond substituents is 1. The van der Waals surface area contributed by atoms with Crippen molar-refractivity contribution in [2.45, 2.75) is 25.3 Å². The highest BCUT2D eigenvalue weighted by Gasteiger charge is 2.11. The van der Waals surface area contributed by atoms with E-state index in [0.717, 1.165) is 35.6 Å². The first-order valence-electron chi connectivity index (χ1n) is 6.40. The van der Waals surface area contributed by atoms with Crippen molar-refractivity contribution >= 4 is 10.8 Å². The molecule has 2 aromatic rings. The second kappa shape index (κ2) is 5.85. The molecule has 96 valence electrons. The van der Waals surface area contributed by atoms with Crippen molar-refractivity contribution in [3.63, 3.8) is 0 Å². The predicted molar refractivity (Wildman–Crippen MR) is 75.4 cm³/mol. The number of phenols is 1. The Labute approximate surface area is 107 Å². The van der Waals surface area contributed by atoms with Gasteiger partial charge in [-0.15, -0.1) is 0 Å². The van der Waals surface area contributed by atoms with Crippen LogP contribution in [0.5, 0.6) is 5.75 Å². The Morgan fingerprint density at radius 1 is 1.00 bits per heavy atom. The number of fused-ring (bicyclic) bond motifs is 1. The smallest absolute Gasteiger partial charge is 0.123 e. The maximum absolute atomic E-state index is 9.83. The van der Waals surface area contributed by atoms with Crippen molar-refractivity contribution in [1.82, 2.24) is 0 Å². The number of nitrogens with two attached hydrogens (primary N) is 2. The highest BCUT2D eigenvalue weighted by molar-refractivity contribution is 5.91. The summed E-state index contributed by atoms with van der Waals surface area (Å²) in [5.74, 6) is 0.309. The minimum absolute atomic E-state index is 0.00190. The summed E-state index contributed by atoms with van der Waals surface area (Å²) in [5.41, 5.74) is 12.8. The first-order valence-corrected chi connectivity index (χ1v) is 6.40. The van der Waals surface area contributed by atoms with Crippen molar-refractivity contribution < 1.29 is 5.11 Å². The molecule has 0 saturated carbocycles. The molecule has 5 N–H and O–H groups in total. The summed E-state index contributed by atoms with van der Waals surface area (Å²) in [4.78, 5) is 0. The predicted octanol–water partition coefficient (Wildman–Crippen LogP) is 2.67. The largest absolute Gasteiger partial charge is 0.507 e. The molecular formula is C15H20N2O. The molecule has 0 bridgehead atoms. The van der Waals surface area contributed by atoms with Gasteiger partial charge in [0.05, 0.1) is 0 Å². The summed E-state index contributed by atoms with van der Waals surface area (Å²) in [6.45, 7) is 0.711. The van der Waals surface area contributed by atoms with Gasteiger partial charge in [-0.25, -0.2) is 0 Å². The molecule has 0 saturated heterocycles. The summed E-state index contributed by atoms with van der Waals surface area (Å²) in [6, 6.07) is 11.5. The molecule has 0 heterocycles. The van der Waals surface area contributed by atoms with Crippen LogP contribution in [-0.2, 0) is 0 Å². The molecule has 3 heteroatoms. The van der Waals surface area contributed by atoms with Crippen LogP contribution in [0.2, 0.25) is 0 Å². The second-order valence-corrected chi connectivity index (χ2v) is 4.61. The van der Waals surface area contributed by atoms with Crippen molar-refractivity contribution in [3.05, 3.63) is 42.0 Å². The molecule has 0 fully saturated rings. The topological polar surface area (TPSA) is 72.3 Å². The molecule has 0 unspecified atom stereocenters. The normalized spacial score (nSPS) is 12.8. The average Bonchev–Trinajstić information content (AvgIpc) is 2.39. The van der Waals surface area contributed by atoms with Gasteiger partial charge in [-0.2, -0.15) is 0 Å². The Bertz CT molecular complexity index is 525. The van der Waals surface area contributed by atoms with Crippen molar-refractivity contribution in [2.24, 2.45) is 11.5 Å². The third-order valence-electron chi connectivity index (χ3n) is 3.30. The maximum atomic E-state index is 9.83. The van der Waals surface area contributed by atoms with E-state index in [1.807, 2.05) is 30.3 Å². The molecule has 2 aromatic carbocycles. The number of benzene rings is 2. The first kappa shape index (κ1) is 12.9. The lowest BCUT2D eigenvalue weighted by Gasteiger charge is -2.15. The zero-order chi connectivity index (χ0) is 13.0. The maximum Gasteiger partial charge on any atom is 0.123 e. The van der Waals surface area contributed by atoms with Crippen LogP contribution >= 0.6 is 0 Å². The minimum atomic E-state index is 0.00190. The van der Waals surface area contributed by atoms with E-state index in [2.05, 4.69) is 0 Å². The number of unbranched alkanes of at least 4 members (excludes halogenated alkanes) is 1. The third-order valence-corrected chi connectivity index (χ3v) is 3.30. The molecule has 3 nitrogen and oxygen atoms in total. The molecule has 0 spiro atoms. The minimum Gasteiger partial charge on any atom is -0.507 e. The highest BCUT2D eigenvalue weighted by atomic mass is 16.3. The summed E-state index contributed by atoms with van der Waals surface area (Å²) >= 11 is 0. The molecule has 0 amide bonds. The molecule has 2 rings (SSSR count). The van der Waals surface area contributed by atoms with Gasteiger partial charge in [-0.1, -0.05) is 36.8 Å². The molecule has 0 aliphatic rings. The van der Waals surface area contributed by atoms with Gasteiger partial charge in [0.15, 0.2) is 0 Å². The fraction of sp³-hybridized carbons (Fsp3) is 0.333. The van der Waals surface area contributed by atoms with E-state index in [1.54, 1.807) is 6.07 Å². The highest BCUT2D eigenvalue weighted by Crippen LogP contribution is 2.31. The number of hydrogen-bond donors (Lipinski definition) is 3. The van der Waals surface area contributed by atoms with Crippen molar-refractivity contribution in [3.8, 4) is 5.75 Å². The van der Waals surface area contributed by atoms with E-state index in [4.69, 9.17) is 11.5 Å². The Hall–Kier alpha value is -1.58. The zero-order valence-corrected chi connectivity index (χ0v) is 10.5. The van der Waals surface area contributed by atoms with E-state index in [9.17, 15) is 5.11 Å². The van der Waals surface area contributed by atoms with Gasteiger partial charge in [-0.05, 0) is 36.4 Å². The molecular weight excluding hydrogens is 224 g/mol. The van der Waals surface area contributed by atoms with Crippen molar-refractivity contribution in [2.75, 3.05) is 6.54 Å². The van der Waals surface area contributed by atoms with Crippen LogP contribution in [-0.4, -0.2) is 11.7 Å². The second-order valence-electron chi connectivity index (χ2n) is 4.61. The zero-order valence-electron chi connectivity index (χ0n) is 10.5. The summed E-state index contributed by atoms with van der Waals surface area (Å²) in [7, 11) is 0. The number of hydrogen-bond acceptors (Lipinski definition) is 3. The molecule has 0 radical (unpaired) electrons. The van der Waals surface area contributed by atoms with Crippen LogP contribution in [0.1, 0.15) is 30.9 Å². The van der Waals surface area contributed by atoms with Crippen LogP contribution in [0, 0.1) is 0 Å². The lowest BCUT2D eigenvalue weighted by Crippen LogP contribution is -2.11. The Balaban J connectivity index is 2.30. The third kappa shape index (κ3) is 2.63. The Morgan fingerprint density at radius 2 is 1.72 bits per heavy atom. The lowest BCUT2D eigenvalue weighted by molar-refractivity contribution is 0.481. The van der Waals surface area contributed by atoms with Gasteiger partial charge in [0.25, 0.3) is 0 Å². The first-order chi connectivity index (χ1) is 8.74. The molecule has 0 aromatic heterocycles. The van der Waals surface area contributed by atoms with E-state index < -0.39 is 0 Å². The average molecular weight is 244 g/mol. The standard InChI is InChI=1S/C15H20N2O/c16-10-4-3-7-14(17)12-8-9-15(18)13-6-2-1-5-11(12)13/h1-2,5-6,8-9,14,18H,3-4,7,10,16-17H2/t14-/m1/s1. The van der Waals surface area contributed by atoms with Gasteiger partial charge >= 0.3 is 0 Å². The van der Waals surface area contributed by atoms with Crippen LogP contribution in [0.4, 0.5) is 0 Å². The lowest BCUT2D eigenvalue weighted by atomic mass is 9.95. The van der Waals surface area contributed by atoms with Gasteiger partial charge in [-0.3, -0.25) is 0 Å². The van der Waals surface area contributed by atoms with Crippen LogP contribution in [0.3, 0.4) is 0 Å². The van der Waals surface area contributed by atoms with Gasteiger partial charge < -0.3 is 16.6 Å². The quantitative estimate of drug-likeness (QED) is 0.708. The van der Waals surface area contributed by atoms with E-state index in [1.165, 1.54) is 0 Å². The van der Waals surface area contributed by atoms with Gasteiger partial charge in [0.1, 0.15) is 5.75 Å². The Morgan fingerprint density at radius 3 is 2.44 bits per heavy atom. The van der Waals surface area contributed by atoms with Gasteiger partial charge in [0, 0.05) is 11.4 Å². The van der Waals surface area contributed by atoms with Crippen LogP contribution in [0.25, 0.3) is 10.8 Å². The van der Waals surface area contributed by atoms with E-state index >= 15 is 0 Å². The van der Waals surface area contributed by atoms with E-state index in [0.29, 0.717) is 12.3 Å². The van der Waals surface area contributed by atoms with Crippen LogP contribution in [0.15, 0.2) is 36.4 Å². The summed E-state index contributed by atoms with van der Waals surface area (Å²) in [5, 5.41) is 11.7.